The Balaban J connectivity index is 1.36. The van der Waals surface area contributed by atoms with Crippen LogP contribution in [0, 0.1) is 0 Å². The van der Waals surface area contributed by atoms with Crippen molar-refractivity contribution in [2.24, 2.45) is 0 Å². The number of aromatic nitrogens is 4. The zero-order chi connectivity index (χ0) is 23.7. The highest BCUT2D eigenvalue weighted by molar-refractivity contribution is 8.00. The van der Waals surface area contributed by atoms with Gasteiger partial charge in [-0.25, -0.2) is 9.78 Å². The Labute approximate surface area is 204 Å². The van der Waals surface area contributed by atoms with E-state index in [1.165, 1.54) is 28.0 Å². The van der Waals surface area contributed by atoms with Crippen LogP contribution in [-0.4, -0.2) is 43.9 Å². The van der Waals surface area contributed by atoms with Gasteiger partial charge in [-0.1, -0.05) is 36.4 Å². The summed E-state index contributed by atoms with van der Waals surface area (Å²) in [5, 5.41) is 13.0. The molecule has 1 aromatic carbocycles. The molecule has 5 rings (SSSR count). The van der Waals surface area contributed by atoms with Gasteiger partial charge in [0.1, 0.15) is 10.5 Å². The van der Waals surface area contributed by atoms with E-state index in [-0.39, 0.29) is 11.9 Å². The topological polar surface area (TPSA) is 110 Å². The molecule has 1 aliphatic rings. The van der Waals surface area contributed by atoms with Crippen molar-refractivity contribution in [2.45, 2.75) is 56.4 Å². The van der Waals surface area contributed by atoms with E-state index in [1.54, 1.807) is 13.8 Å². The van der Waals surface area contributed by atoms with E-state index < -0.39 is 5.25 Å². The molecule has 34 heavy (non-hydrogen) atoms. The second-order valence-electron chi connectivity index (χ2n) is 8.20. The number of thioether (sulfide) groups is 1. The average Bonchev–Trinajstić information content (AvgIpc) is 3.27. The molecule has 1 amide bonds. The highest BCUT2D eigenvalue weighted by atomic mass is 32.2. The molecule has 0 fully saturated rings. The van der Waals surface area contributed by atoms with Gasteiger partial charge < -0.3 is 15.0 Å². The fourth-order valence-electron chi connectivity index (χ4n) is 4.23. The first-order valence-electron chi connectivity index (χ1n) is 11.5. The summed E-state index contributed by atoms with van der Waals surface area (Å²) in [6.07, 6.45) is 5.04. The number of thiophene rings is 1. The molecule has 10 heteroatoms. The molecule has 1 unspecified atom stereocenters. The van der Waals surface area contributed by atoms with Crippen molar-refractivity contribution in [1.82, 2.24) is 20.2 Å². The van der Waals surface area contributed by atoms with Crippen LogP contribution in [0.4, 0.5) is 5.00 Å². The highest BCUT2D eigenvalue weighted by Gasteiger charge is 2.28. The maximum absolute atomic E-state index is 13.1. The summed E-state index contributed by atoms with van der Waals surface area (Å²) in [5.41, 5.74) is 3.84. The van der Waals surface area contributed by atoms with Gasteiger partial charge in [-0.05, 0) is 51.2 Å². The molecule has 4 aromatic rings. The molecule has 176 valence electrons. The predicted molar refractivity (Wildman–Crippen MR) is 135 cm³/mol. The molecule has 0 bridgehead atoms. The summed E-state index contributed by atoms with van der Waals surface area (Å²) >= 11 is 2.73. The average molecular weight is 496 g/mol. The van der Waals surface area contributed by atoms with Gasteiger partial charge in [0.2, 0.25) is 11.1 Å². The molecular formula is C24H25N5O3S2. The van der Waals surface area contributed by atoms with Crippen molar-refractivity contribution < 1.29 is 14.3 Å². The lowest BCUT2D eigenvalue weighted by molar-refractivity contribution is -0.115. The number of carbonyl (C=O) groups is 2. The number of nitrogens with one attached hydrogen (secondary N) is 2. The highest BCUT2D eigenvalue weighted by Crippen LogP contribution is 2.38. The Kier molecular flexibility index (Phi) is 6.51. The molecule has 0 aliphatic heterocycles. The van der Waals surface area contributed by atoms with Crippen LogP contribution in [0.3, 0.4) is 0 Å². The van der Waals surface area contributed by atoms with Crippen molar-refractivity contribution >= 4 is 62.0 Å². The molecule has 0 saturated heterocycles. The Morgan fingerprint density at radius 2 is 2.03 bits per heavy atom. The van der Waals surface area contributed by atoms with Crippen molar-refractivity contribution in [3.63, 3.8) is 0 Å². The summed E-state index contributed by atoms with van der Waals surface area (Å²) in [6, 6.07) is 7.82. The second-order valence-corrected chi connectivity index (χ2v) is 10.6. The Morgan fingerprint density at radius 1 is 1.21 bits per heavy atom. The number of para-hydroxylation sites is 1. The third kappa shape index (κ3) is 4.39. The lowest BCUT2D eigenvalue weighted by atomic mass is 10.1. The summed E-state index contributed by atoms with van der Waals surface area (Å²) < 4.78 is 5.32. The summed E-state index contributed by atoms with van der Waals surface area (Å²) in [5.74, 6) is -0.582. The molecule has 3 heterocycles. The van der Waals surface area contributed by atoms with Crippen molar-refractivity contribution in [3.8, 4) is 0 Å². The minimum Gasteiger partial charge on any atom is -0.462 e. The number of fused-ring (bicyclic) bond motifs is 4. The first-order valence-corrected chi connectivity index (χ1v) is 13.1. The van der Waals surface area contributed by atoms with Crippen LogP contribution in [0.5, 0.6) is 0 Å². The van der Waals surface area contributed by atoms with E-state index in [0.717, 1.165) is 48.6 Å². The number of H-pyrrole nitrogens is 1. The Hall–Kier alpha value is -2.98. The zero-order valence-corrected chi connectivity index (χ0v) is 20.6. The molecule has 0 saturated carbocycles. The number of amides is 1. The number of nitrogens with zero attached hydrogens (tertiary/aromatic N) is 3. The van der Waals surface area contributed by atoms with E-state index in [0.29, 0.717) is 33.5 Å². The molecule has 8 nitrogen and oxygen atoms in total. The fourth-order valence-corrected chi connectivity index (χ4v) is 6.23. The van der Waals surface area contributed by atoms with Gasteiger partial charge in [-0.3, -0.25) is 4.79 Å². The summed E-state index contributed by atoms with van der Waals surface area (Å²) in [4.78, 5) is 34.8. The van der Waals surface area contributed by atoms with Crippen LogP contribution in [-0.2, 0) is 22.4 Å². The first-order chi connectivity index (χ1) is 16.5. The SMILES string of the molecule is CCOC(=O)c1c(NC(=O)C(C)Sc2nnc3c(n2)[nH]c2ccccc23)sc2c1CCCCC2. The monoisotopic (exact) mass is 495 g/mol. The van der Waals surface area contributed by atoms with E-state index in [1.807, 2.05) is 24.3 Å². The maximum atomic E-state index is 13.1. The van der Waals surface area contributed by atoms with Crippen LogP contribution in [0.15, 0.2) is 29.4 Å². The van der Waals surface area contributed by atoms with Crippen molar-refractivity contribution in [1.29, 1.82) is 0 Å². The van der Waals surface area contributed by atoms with E-state index in [2.05, 4.69) is 25.5 Å². The number of hydrogen-bond donors (Lipinski definition) is 2. The lowest BCUT2D eigenvalue weighted by Gasteiger charge is -2.12. The minimum absolute atomic E-state index is 0.215. The minimum atomic E-state index is -0.486. The quantitative estimate of drug-likeness (QED) is 0.217. The molecule has 1 aliphatic carbocycles. The number of aromatic amines is 1. The van der Waals surface area contributed by atoms with Crippen LogP contribution in [0.1, 0.15) is 53.9 Å². The number of benzene rings is 1. The molecular weight excluding hydrogens is 470 g/mol. The number of esters is 1. The van der Waals surface area contributed by atoms with E-state index >= 15 is 0 Å². The normalized spacial score (nSPS) is 14.5. The molecule has 3 aromatic heterocycles. The van der Waals surface area contributed by atoms with Crippen molar-refractivity contribution in [2.75, 3.05) is 11.9 Å². The number of ether oxygens (including phenoxy) is 1. The summed E-state index contributed by atoms with van der Waals surface area (Å²) in [6.45, 7) is 3.88. The largest absolute Gasteiger partial charge is 0.462 e. The second kappa shape index (κ2) is 9.71. The van der Waals surface area contributed by atoms with Gasteiger partial charge in [0.15, 0.2) is 5.65 Å². The number of carbonyl (C=O) groups excluding carboxylic acids is 2. The van der Waals surface area contributed by atoms with Crippen LogP contribution < -0.4 is 5.32 Å². The Bertz CT molecular complexity index is 1380. The number of aryl methyl sites for hydroxylation is 1. The van der Waals surface area contributed by atoms with Gasteiger partial charge >= 0.3 is 5.97 Å². The first kappa shape index (κ1) is 22.8. The van der Waals surface area contributed by atoms with Gasteiger partial charge in [0.25, 0.3) is 0 Å². The van der Waals surface area contributed by atoms with Gasteiger partial charge in [0.05, 0.1) is 17.4 Å². The molecule has 0 spiro atoms. The van der Waals surface area contributed by atoms with Crippen LogP contribution >= 0.6 is 23.1 Å². The fraction of sp³-hybridized carbons (Fsp3) is 0.375. The van der Waals surface area contributed by atoms with Crippen molar-refractivity contribution in [3.05, 3.63) is 40.3 Å². The van der Waals surface area contributed by atoms with E-state index in [9.17, 15) is 9.59 Å². The smallest absolute Gasteiger partial charge is 0.341 e. The number of rotatable bonds is 6. The van der Waals surface area contributed by atoms with Crippen LogP contribution in [0.2, 0.25) is 0 Å². The third-order valence-electron chi connectivity index (χ3n) is 5.89. The standard InChI is InChI=1S/C24H25N5O3S2/c1-3-32-23(31)18-15-10-5-4-6-12-17(15)34-22(18)27-21(30)13(2)33-24-26-20-19(28-29-24)14-9-7-8-11-16(14)25-20/h7-9,11,13H,3-6,10,12H2,1-2H3,(H,27,30)(H,25,26,29). The van der Waals surface area contributed by atoms with Crippen LogP contribution in [0.25, 0.3) is 22.1 Å². The zero-order valence-electron chi connectivity index (χ0n) is 19.0. The molecule has 2 N–H and O–H groups in total. The molecule has 1 atom stereocenters. The Morgan fingerprint density at radius 3 is 2.88 bits per heavy atom. The third-order valence-corrected chi connectivity index (χ3v) is 8.05. The maximum Gasteiger partial charge on any atom is 0.341 e. The van der Waals surface area contributed by atoms with E-state index in [4.69, 9.17) is 4.74 Å². The molecule has 0 radical (unpaired) electrons. The van der Waals surface area contributed by atoms with Gasteiger partial charge in [0, 0.05) is 15.8 Å². The number of anilines is 1. The predicted octanol–water partition coefficient (Wildman–Crippen LogP) is 5.13. The lowest BCUT2D eigenvalue weighted by Crippen LogP contribution is -2.23. The van der Waals surface area contributed by atoms with Gasteiger partial charge in [-0.2, -0.15) is 0 Å². The van der Waals surface area contributed by atoms with Gasteiger partial charge in [-0.15, -0.1) is 21.5 Å². The summed E-state index contributed by atoms with van der Waals surface area (Å²) in [7, 11) is 0. The number of hydrogen-bond acceptors (Lipinski definition) is 8.